The monoisotopic (exact) mass is 689 g/mol. The number of carbonyl (C=O) groups excluding carboxylic acids is 2. The predicted octanol–water partition coefficient (Wildman–Crippen LogP) is 11.4. The Labute approximate surface area is 292 Å². The summed E-state index contributed by atoms with van der Waals surface area (Å²) in [6.07, 6.45) is 14.1. The quantitative estimate of drug-likeness (QED) is 0.0802. The fourth-order valence-electron chi connectivity index (χ4n) is 7.66. The normalized spacial score (nSPS) is 22.7. The molecule has 3 aliphatic rings. The standard InChI is InChI=1S/C39H47NO6S2/c1-3-5-9-25-15-19-28(20-16-25)37(41)45-32-24-31(40(43)44)33(46-38(42)29-21-17-26(18-22-29)10-6-4-2)23-30(32)39-47-34-13-7-11-27-12-8-14-35(48-39)36(27)34/h7-8,11-14,23-26,28-29,39H,3-6,9-10,15-22H2,1-2H3. The summed E-state index contributed by atoms with van der Waals surface area (Å²) in [5.74, 6) is 0.0979. The maximum absolute atomic E-state index is 13.6. The van der Waals surface area contributed by atoms with Gasteiger partial charge in [0, 0.05) is 20.7 Å². The van der Waals surface area contributed by atoms with Crippen molar-refractivity contribution in [3.63, 3.8) is 0 Å². The molecule has 0 aromatic heterocycles. The zero-order chi connectivity index (χ0) is 33.6. The van der Waals surface area contributed by atoms with E-state index < -0.39 is 10.9 Å². The summed E-state index contributed by atoms with van der Waals surface area (Å²) < 4.78 is 11.7. The molecule has 0 unspecified atom stereocenters. The van der Waals surface area contributed by atoms with Crippen molar-refractivity contribution < 1.29 is 24.0 Å². The smallest absolute Gasteiger partial charge is 0.315 e. The first-order valence-corrected chi connectivity index (χ1v) is 19.7. The average molecular weight is 690 g/mol. The molecule has 0 radical (unpaired) electrons. The molecule has 3 aromatic rings. The summed E-state index contributed by atoms with van der Waals surface area (Å²) in [6.45, 7) is 4.40. The van der Waals surface area contributed by atoms with Crippen LogP contribution in [0.25, 0.3) is 10.8 Å². The van der Waals surface area contributed by atoms with Crippen LogP contribution in [0.4, 0.5) is 5.69 Å². The molecule has 256 valence electrons. The van der Waals surface area contributed by atoms with Gasteiger partial charge in [-0.2, -0.15) is 0 Å². The highest BCUT2D eigenvalue weighted by atomic mass is 32.2. The molecule has 0 bridgehead atoms. The van der Waals surface area contributed by atoms with Crippen LogP contribution in [-0.4, -0.2) is 16.9 Å². The second-order valence-electron chi connectivity index (χ2n) is 13.9. The molecule has 0 saturated heterocycles. The number of hydrogen-bond acceptors (Lipinski definition) is 8. The van der Waals surface area contributed by atoms with Crippen LogP contribution in [0.2, 0.25) is 0 Å². The Morgan fingerprint density at radius 2 is 1.25 bits per heavy atom. The van der Waals surface area contributed by atoms with E-state index in [0.29, 0.717) is 17.4 Å². The summed E-state index contributed by atoms with van der Waals surface area (Å²) >= 11 is 3.25. The summed E-state index contributed by atoms with van der Waals surface area (Å²) in [5.41, 5.74) is 0.251. The van der Waals surface area contributed by atoms with Gasteiger partial charge in [-0.3, -0.25) is 19.7 Å². The van der Waals surface area contributed by atoms with Gasteiger partial charge in [0.25, 0.3) is 0 Å². The van der Waals surface area contributed by atoms with Crippen molar-refractivity contribution in [3.8, 4) is 11.5 Å². The highest BCUT2D eigenvalue weighted by Gasteiger charge is 2.35. The van der Waals surface area contributed by atoms with Crippen LogP contribution in [0.5, 0.6) is 11.5 Å². The molecule has 1 heterocycles. The van der Waals surface area contributed by atoms with E-state index >= 15 is 0 Å². The summed E-state index contributed by atoms with van der Waals surface area (Å²) in [5, 5.41) is 14.7. The van der Waals surface area contributed by atoms with Crippen LogP contribution >= 0.6 is 23.5 Å². The van der Waals surface area contributed by atoms with Gasteiger partial charge in [-0.25, -0.2) is 0 Å². The average Bonchev–Trinajstić information content (AvgIpc) is 3.10. The van der Waals surface area contributed by atoms with E-state index in [2.05, 4.69) is 38.1 Å². The van der Waals surface area contributed by atoms with Crippen molar-refractivity contribution in [2.45, 2.75) is 118 Å². The van der Waals surface area contributed by atoms with E-state index in [0.717, 1.165) is 73.0 Å². The third kappa shape index (κ3) is 8.05. The molecule has 0 spiro atoms. The van der Waals surface area contributed by atoms with Crippen molar-refractivity contribution >= 4 is 51.9 Å². The van der Waals surface area contributed by atoms with Crippen molar-refractivity contribution in [1.82, 2.24) is 0 Å². The Bertz CT molecular complexity index is 1590. The number of benzene rings is 3. The van der Waals surface area contributed by atoms with Crippen LogP contribution in [0.3, 0.4) is 0 Å². The molecule has 0 N–H and O–H groups in total. The van der Waals surface area contributed by atoms with Gasteiger partial charge in [-0.05, 0) is 86.8 Å². The number of esters is 2. The minimum absolute atomic E-state index is 0.0809. The number of nitrogens with zero attached hydrogens (tertiary/aromatic N) is 1. The van der Waals surface area contributed by atoms with Gasteiger partial charge < -0.3 is 9.47 Å². The molecule has 3 aromatic carbocycles. The van der Waals surface area contributed by atoms with Gasteiger partial charge in [0.1, 0.15) is 5.75 Å². The molecule has 2 fully saturated rings. The molecule has 2 saturated carbocycles. The number of nitro benzene ring substituents is 1. The van der Waals surface area contributed by atoms with Crippen molar-refractivity contribution in [2.75, 3.05) is 0 Å². The van der Waals surface area contributed by atoms with E-state index in [1.165, 1.54) is 43.6 Å². The van der Waals surface area contributed by atoms with Crippen molar-refractivity contribution in [2.24, 2.45) is 23.7 Å². The first kappa shape index (κ1) is 34.8. The second kappa shape index (κ2) is 16.1. The number of hydrogen-bond donors (Lipinski definition) is 0. The molecule has 9 heteroatoms. The van der Waals surface area contributed by atoms with Crippen LogP contribution in [0, 0.1) is 33.8 Å². The lowest BCUT2D eigenvalue weighted by Gasteiger charge is -2.29. The Hall–Kier alpha value is -3.04. The minimum atomic E-state index is -0.540. The molecule has 7 nitrogen and oxygen atoms in total. The van der Waals surface area contributed by atoms with Crippen LogP contribution in [-0.2, 0) is 9.59 Å². The lowest BCUT2D eigenvalue weighted by Crippen LogP contribution is -2.27. The van der Waals surface area contributed by atoms with Gasteiger partial charge in [0.15, 0.2) is 0 Å². The Balaban J connectivity index is 1.28. The maximum atomic E-state index is 13.6. The fourth-order valence-corrected chi connectivity index (χ4v) is 10.6. The second-order valence-corrected chi connectivity index (χ2v) is 16.4. The molecule has 0 atom stereocenters. The SMILES string of the molecule is CCCCC1CCC(C(=O)Oc2cc([N+](=O)[O-])c(OC(=O)C3CCC(CCCC)CC3)cc2C2Sc3cccc4cccc(c34)S2)CC1. The first-order chi connectivity index (χ1) is 23.3. The van der Waals surface area contributed by atoms with Crippen molar-refractivity contribution in [1.29, 1.82) is 0 Å². The first-order valence-electron chi connectivity index (χ1n) is 17.9. The lowest BCUT2D eigenvalue weighted by molar-refractivity contribution is -0.385. The third-order valence-electron chi connectivity index (χ3n) is 10.6. The Morgan fingerprint density at radius 1 is 0.750 bits per heavy atom. The minimum Gasteiger partial charge on any atom is -0.426 e. The third-order valence-corrected chi connectivity index (χ3v) is 13.3. The number of thioether (sulfide) groups is 2. The molecular weight excluding hydrogens is 643 g/mol. The fraction of sp³-hybridized carbons (Fsp3) is 0.538. The largest absolute Gasteiger partial charge is 0.426 e. The van der Waals surface area contributed by atoms with Gasteiger partial charge in [0.05, 0.1) is 27.4 Å². The van der Waals surface area contributed by atoms with E-state index in [4.69, 9.17) is 9.47 Å². The van der Waals surface area contributed by atoms with E-state index in [9.17, 15) is 19.7 Å². The highest BCUT2D eigenvalue weighted by Crippen LogP contribution is 2.58. The molecule has 48 heavy (non-hydrogen) atoms. The van der Waals surface area contributed by atoms with Crippen LogP contribution in [0.1, 0.15) is 114 Å². The van der Waals surface area contributed by atoms with Gasteiger partial charge in [0.2, 0.25) is 5.75 Å². The molecule has 2 aliphatic carbocycles. The molecule has 1 aliphatic heterocycles. The molecular formula is C39H47NO6S2. The van der Waals surface area contributed by atoms with Crippen LogP contribution < -0.4 is 9.47 Å². The number of nitro groups is 1. The van der Waals surface area contributed by atoms with E-state index in [1.54, 1.807) is 29.6 Å². The topological polar surface area (TPSA) is 95.7 Å². The van der Waals surface area contributed by atoms with Crippen molar-refractivity contribution in [3.05, 3.63) is 64.2 Å². The van der Waals surface area contributed by atoms with E-state index in [-0.39, 0.29) is 39.6 Å². The number of ether oxygens (including phenoxy) is 2. The molecule has 6 rings (SSSR count). The lowest BCUT2D eigenvalue weighted by atomic mass is 9.80. The number of rotatable bonds is 12. The Kier molecular flexibility index (Phi) is 11.7. The highest BCUT2D eigenvalue weighted by molar-refractivity contribution is 8.17. The summed E-state index contributed by atoms with van der Waals surface area (Å²) in [6, 6.07) is 15.3. The zero-order valence-electron chi connectivity index (χ0n) is 28.1. The predicted molar refractivity (Wildman–Crippen MR) is 193 cm³/mol. The maximum Gasteiger partial charge on any atom is 0.315 e. The number of carbonyl (C=O) groups is 2. The summed E-state index contributed by atoms with van der Waals surface area (Å²) in [4.78, 5) is 41.2. The van der Waals surface area contributed by atoms with Crippen LogP contribution in [0.15, 0.2) is 58.3 Å². The van der Waals surface area contributed by atoms with Gasteiger partial charge >= 0.3 is 17.6 Å². The van der Waals surface area contributed by atoms with Gasteiger partial charge in [-0.1, -0.05) is 76.6 Å². The zero-order valence-corrected chi connectivity index (χ0v) is 29.8. The van der Waals surface area contributed by atoms with Gasteiger partial charge in [-0.15, -0.1) is 23.5 Å². The van der Waals surface area contributed by atoms with E-state index in [1.807, 2.05) is 12.1 Å². The summed E-state index contributed by atoms with van der Waals surface area (Å²) in [7, 11) is 0. The Morgan fingerprint density at radius 3 is 1.73 bits per heavy atom. The number of unbranched alkanes of at least 4 members (excludes halogenated alkanes) is 2. The molecule has 0 amide bonds.